The van der Waals surface area contributed by atoms with Gasteiger partial charge in [0.05, 0.1) is 0 Å². The topological polar surface area (TPSA) is 98.9 Å². The molecule has 0 atom stereocenters. The molecule has 0 saturated carbocycles. The number of benzene rings is 1. The van der Waals surface area contributed by atoms with Gasteiger partial charge in [0.2, 0.25) is 0 Å². The summed E-state index contributed by atoms with van der Waals surface area (Å²) < 4.78 is 13.7. The summed E-state index contributed by atoms with van der Waals surface area (Å²) in [5.41, 5.74) is 2.34. The van der Waals surface area contributed by atoms with E-state index in [0.29, 0.717) is 40.3 Å². The fourth-order valence-electron chi connectivity index (χ4n) is 2.91. The zero-order valence-electron chi connectivity index (χ0n) is 13.4. The molecule has 0 saturated heterocycles. The summed E-state index contributed by atoms with van der Waals surface area (Å²) in [5.74, 6) is -0.648. The third-order valence-corrected chi connectivity index (χ3v) is 4.71. The van der Waals surface area contributed by atoms with E-state index in [9.17, 15) is 14.0 Å². The number of thiazole rings is 1. The Bertz CT molecular complexity index is 1030. The summed E-state index contributed by atoms with van der Waals surface area (Å²) in [6.45, 7) is 0.416. The number of anilines is 1. The lowest BCUT2D eigenvalue weighted by Crippen LogP contribution is -2.24. The van der Waals surface area contributed by atoms with Gasteiger partial charge in [-0.25, -0.2) is 14.2 Å². The van der Waals surface area contributed by atoms with Crippen LogP contribution in [0.4, 0.5) is 14.3 Å². The number of fused-ring (bicyclic) bond motifs is 3. The number of hydrogen-bond donors (Lipinski definition) is 4. The number of carbonyl (C=O) groups is 2. The Morgan fingerprint density at radius 3 is 3.08 bits per heavy atom. The molecule has 1 aliphatic heterocycles. The molecule has 132 valence electrons. The van der Waals surface area contributed by atoms with E-state index in [2.05, 4.69) is 25.9 Å². The van der Waals surface area contributed by atoms with E-state index in [0.717, 1.165) is 5.57 Å². The highest BCUT2D eigenvalue weighted by molar-refractivity contribution is 7.13. The van der Waals surface area contributed by atoms with Crippen LogP contribution < -0.4 is 16.0 Å². The number of H-pyrrole nitrogens is 1. The number of rotatable bonds is 2. The van der Waals surface area contributed by atoms with Gasteiger partial charge in [0.25, 0.3) is 5.91 Å². The first-order chi connectivity index (χ1) is 12.6. The molecule has 2 aromatic heterocycles. The van der Waals surface area contributed by atoms with Gasteiger partial charge < -0.3 is 15.6 Å². The number of carbonyl (C=O) groups excluding carboxylic acids is 2. The summed E-state index contributed by atoms with van der Waals surface area (Å²) in [5, 5.41) is 10.9. The standard InChI is InChI=1S/C17H14FN5O2S/c18-10-1-2-12-11(7-10)13-9(3-4-19-15(24)14(13)22-12)8-21-16(25)23-17-20-5-6-26-17/h1-2,5-8,22H,3-4H2,(H,19,24)(H2,20,21,23,25). The number of urea groups is 1. The largest absolute Gasteiger partial charge is 0.350 e. The van der Waals surface area contributed by atoms with Gasteiger partial charge >= 0.3 is 6.03 Å². The van der Waals surface area contributed by atoms with Crippen molar-refractivity contribution >= 4 is 44.9 Å². The van der Waals surface area contributed by atoms with Gasteiger partial charge in [0, 0.05) is 40.8 Å². The van der Waals surface area contributed by atoms with E-state index in [1.165, 1.54) is 23.5 Å². The van der Waals surface area contributed by atoms with Crippen LogP contribution in [0.25, 0.3) is 16.5 Å². The van der Waals surface area contributed by atoms with Crippen LogP contribution >= 0.6 is 11.3 Å². The molecule has 3 aromatic rings. The van der Waals surface area contributed by atoms with Crippen molar-refractivity contribution in [2.45, 2.75) is 6.42 Å². The van der Waals surface area contributed by atoms with E-state index < -0.39 is 11.8 Å². The van der Waals surface area contributed by atoms with Crippen LogP contribution in [0, 0.1) is 5.82 Å². The lowest BCUT2D eigenvalue weighted by atomic mass is 10.0. The molecule has 3 amide bonds. The minimum atomic E-state index is -0.441. The summed E-state index contributed by atoms with van der Waals surface area (Å²) in [7, 11) is 0. The van der Waals surface area contributed by atoms with Gasteiger partial charge in [0.1, 0.15) is 11.5 Å². The Hall–Kier alpha value is -3.20. The second-order valence-corrected chi connectivity index (χ2v) is 6.57. The summed E-state index contributed by atoms with van der Waals surface area (Å²) >= 11 is 1.30. The van der Waals surface area contributed by atoms with Crippen molar-refractivity contribution in [2.75, 3.05) is 11.9 Å². The molecule has 4 N–H and O–H groups in total. The van der Waals surface area contributed by atoms with Crippen molar-refractivity contribution in [2.24, 2.45) is 0 Å². The molecule has 0 radical (unpaired) electrons. The first-order valence-corrected chi connectivity index (χ1v) is 8.75. The van der Waals surface area contributed by atoms with E-state index in [4.69, 9.17) is 0 Å². The van der Waals surface area contributed by atoms with Crippen LogP contribution in [0.2, 0.25) is 0 Å². The maximum absolute atomic E-state index is 13.7. The van der Waals surface area contributed by atoms with Crippen LogP contribution in [-0.4, -0.2) is 28.5 Å². The predicted octanol–water partition coefficient (Wildman–Crippen LogP) is 3.06. The zero-order chi connectivity index (χ0) is 18.1. The maximum atomic E-state index is 13.7. The maximum Gasteiger partial charge on any atom is 0.325 e. The highest BCUT2D eigenvalue weighted by Gasteiger charge is 2.24. The van der Waals surface area contributed by atoms with Gasteiger partial charge in [-0.05, 0) is 30.2 Å². The number of nitrogens with one attached hydrogen (secondary N) is 4. The van der Waals surface area contributed by atoms with E-state index >= 15 is 0 Å². The second-order valence-electron chi connectivity index (χ2n) is 5.68. The van der Waals surface area contributed by atoms with Crippen molar-refractivity contribution in [3.63, 3.8) is 0 Å². The van der Waals surface area contributed by atoms with Gasteiger partial charge in [0.15, 0.2) is 5.13 Å². The van der Waals surface area contributed by atoms with Crippen molar-refractivity contribution in [1.82, 2.24) is 20.6 Å². The number of nitrogens with zero attached hydrogens (tertiary/aromatic N) is 1. The fourth-order valence-corrected chi connectivity index (χ4v) is 3.43. The molecular weight excluding hydrogens is 357 g/mol. The van der Waals surface area contributed by atoms with E-state index in [-0.39, 0.29) is 5.91 Å². The molecule has 26 heavy (non-hydrogen) atoms. The molecule has 0 bridgehead atoms. The van der Waals surface area contributed by atoms with Gasteiger partial charge in [-0.1, -0.05) is 0 Å². The Kier molecular flexibility index (Phi) is 4.13. The highest BCUT2D eigenvalue weighted by atomic mass is 32.1. The van der Waals surface area contributed by atoms with Crippen LogP contribution in [0.3, 0.4) is 0 Å². The summed E-state index contributed by atoms with van der Waals surface area (Å²) in [6, 6.07) is 3.86. The van der Waals surface area contributed by atoms with Crippen molar-refractivity contribution in [3.8, 4) is 0 Å². The number of hydrogen-bond acceptors (Lipinski definition) is 4. The Morgan fingerprint density at radius 1 is 1.38 bits per heavy atom. The first-order valence-electron chi connectivity index (χ1n) is 7.87. The molecule has 7 nitrogen and oxygen atoms in total. The Balaban J connectivity index is 1.69. The molecule has 9 heteroatoms. The van der Waals surface area contributed by atoms with Gasteiger partial charge in [-0.2, -0.15) is 0 Å². The lowest BCUT2D eigenvalue weighted by Gasteiger charge is -2.06. The number of aromatic amines is 1. The second kappa shape index (κ2) is 6.60. The fraction of sp³-hybridized carbons (Fsp3) is 0.118. The van der Waals surface area contributed by atoms with E-state index in [1.807, 2.05) is 0 Å². The van der Waals surface area contributed by atoms with Crippen LogP contribution in [0.1, 0.15) is 22.5 Å². The highest BCUT2D eigenvalue weighted by Crippen LogP contribution is 2.32. The quantitative estimate of drug-likeness (QED) is 0.557. The first kappa shape index (κ1) is 16.3. The zero-order valence-corrected chi connectivity index (χ0v) is 14.2. The van der Waals surface area contributed by atoms with Crippen molar-refractivity contribution in [1.29, 1.82) is 0 Å². The molecule has 0 fully saturated rings. The van der Waals surface area contributed by atoms with Gasteiger partial charge in [-0.15, -0.1) is 11.3 Å². The lowest BCUT2D eigenvalue weighted by molar-refractivity contribution is 0.0952. The Morgan fingerprint density at radius 2 is 2.27 bits per heavy atom. The molecule has 1 aromatic carbocycles. The van der Waals surface area contributed by atoms with E-state index in [1.54, 1.807) is 23.8 Å². The van der Waals surface area contributed by atoms with Crippen LogP contribution in [-0.2, 0) is 0 Å². The third-order valence-electron chi connectivity index (χ3n) is 4.02. The summed E-state index contributed by atoms with van der Waals surface area (Å²) in [6.07, 6.45) is 3.63. The normalized spacial score (nSPS) is 15.4. The minimum absolute atomic E-state index is 0.257. The SMILES string of the molecule is O=C(NC=C1CCNC(=O)c2[nH]c3ccc(F)cc3c21)Nc1nccs1. The predicted molar refractivity (Wildman–Crippen MR) is 97.5 cm³/mol. The molecule has 1 aliphatic rings. The molecule has 0 aliphatic carbocycles. The van der Waals surface area contributed by atoms with Crippen LogP contribution in [0.15, 0.2) is 36.0 Å². The average Bonchev–Trinajstić information content (AvgIpc) is 3.21. The average molecular weight is 371 g/mol. The summed E-state index contributed by atoms with van der Waals surface area (Å²) in [4.78, 5) is 31.3. The minimum Gasteiger partial charge on any atom is -0.350 e. The van der Waals surface area contributed by atoms with Crippen molar-refractivity contribution < 1.29 is 14.0 Å². The molecule has 3 heterocycles. The van der Waals surface area contributed by atoms with Crippen LogP contribution in [0.5, 0.6) is 0 Å². The van der Waals surface area contributed by atoms with Gasteiger partial charge in [-0.3, -0.25) is 10.1 Å². The third kappa shape index (κ3) is 3.04. The monoisotopic (exact) mass is 371 g/mol. The number of aromatic nitrogens is 2. The number of amides is 3. The Labute approximate surface area is 151 Å². The molecule has 0 spiro atoms. The molecular formula is C17H14FN5O2S. The number of halogens is 1. The van der Waals surface area contributed by atoms with Crippen molar-refractivity contribution in [3.05, 3.63) is 53.1 Å². The molecule has 0 unspecified atom stereocenters. The molecule has 4 rings (SSSR count). The smallest absolute Gasteiger partial charge is 0.325 e.